The Morgan fingerprint density at radius 3 is 2.36 bits per heavy atom. The van der Waals surface area contributed by atoms with E-state index < -0.39 is 17.9 Å². The topological polar surface area (TPSA) is 43.4 Å². The number of carbonyl (C=O) groups excluding carboxylic acids is 2. The fraction of sp³-hybridized carbons (Fsp3) is 0.636. The molecule has 3 heteroatoms. The van der Waals surface area contributed by atoms with E-state index in [1.54, 1.807) is 0 Å². The lowest BCUT2D eigenvalue weighted by Crippen LogP contribution is -2.42. The molecular formula is C11H16O3. The van der Waals surface area contributed by atoms with Crippen LogP contribution in [0.25, 0.3) is 0 Å². The molecule has 1 heterocycles. The molecule has 0 unspecified atom stereocenters. The summed E-state index contributed by atoms with van der Waals surface area (Å²) in [5.41, 5.74) is 0.920. The van der Waals surface area contributed by atoms with Crippen LogP contribution in [0.2, 0.25) is 0 Å². The standard InChI is InChI=1S/C11H16O3/c1-4-5-8(6-7(2)3)9-10(12)14-11(9)13/h5,7,9H,4,6H2,1-3H3/b8-5-. The van der Waals surface area contributed by atoms with Crippen LogP contribution in [0.15, 0.2) is 11.6 Å². The van der Waals surface area contributed by atoms with Crippen molar-refractivity contribution in [2.75, 3.05) is 0 Å². The Kier molecular flexibility index (Phi) is 3.44. The van der Waals surface area contributed by atoms with Gasteiger partial charge in [-0.3, -0.25) is 9.59 Å². The molecule has 1 aliphatic rings. The summed E-state index contributed by atoms with van der Waals surface area (Å²) in [6.07, 6.45) is 3.60. The van der Waals surface area contributed by atoms with Crippen LogP contribution in [0.3, 0.4) is 0 Å². The summed E-state index contributed by atoms with van der Waals surface area (Å²) in [4.78, 5) is 22.1. The molecule has 0 spiro atoms. The van der Waals surface area contributed by atoms with E-state index in [9.17, 15) is 9.59 Å². The van der Waals surface area contributed by atoms with E-state index in [1.807, 2.05) is 13.0 Å². The quantitative estimate of drug-likeness (QED) is 0.392. The number of ether oxygens (including phenoxy) is 1. The number of esters is 2. The second-order valence-corrected chi connectivity index (χ2v) is 3.96. The van der Waals surface area contributed by atoms with Crippen LogP contribution in [0, 0.1) is 11.8 Å². The maximum absolute atomic E-state index is 11.1. The number of carbonyl (C=O) groups is 2. The van der Waals surface area contributed by atoms with Gasteiger partial charge in [0.05, 0.1) is 0 Å². The van der Waals surface area contributed by atoms with Crippen molar-refractivity contribution in [2.24, 2.45) is 11.8 Å². The molecule has 1 aliphatic heterocycles. The molecule has 78 valence electrons. The van der Waals surface area contributed by atoms with Gasteiger partial charge in [-0.2, -0.15) is 0 Å². The van der Waals surface area contributed by atoms with Crippen LogP contribution >= 0.6 is 0 Å². The van der Waals surface area contributed by atoms with E-state index in [2.05, 4.69) is 18.6 Å². The third-order valence-electron chi connectivity index (χ3n) is 2.15. The molecule has 0 aliphatic carbocycles. The smallest absolute Gasteiger partial charge is 0.332 e. The molecule has 0 amide bonds. The second-order valence-electron chi connectivity index (χ2n) is 3.96. The van der Waals surface area contributed by atoms with Crippen LogP contribution < -0.4 is 0 Å². The van der Waals surface area contributed by atoms with Gasteiger partial charge in [-0.25, -0.2) is 0 Å². The summed E-state index contributed by atoms with van der Waals surface area (Å²) < 4.78 is 4.34. The van der Waals surface area contributed by atoms with E-state index in [0.717, 1.165) is 18.4 Å². The number of rotatable bonds is 4. The highest BCUT2D eigenvalue weighted by atomic mass is 16.6. The predicted octanol–water partition coefficient (Wildman–Crippen LogP) is 2.07. The zero-order chi connectivity index (χ0) is 10.7. The SMILES string of the molecule is CC/C=C(/CC(C)C)C1C(=O)OC1=O. The molecule has 14 heavy (non-hydrogen) atoms. The highest BCUT2D eigenvalue weighted by Gasteiger charge is 2.43. The Labute approximate surface area is 84.1 Å². The van der Waals surface area contributed by atoms with Gasteiger partial charge in [0.1, 0.15) is 0 Å². The van der Waals surface area contributed by atoms with Gasteiger partial charge in [-0.15, -0.1) is 0 Å². The molecule has 1 fully saturated rings. The van der Waals surface area contributed by atoms with Crippen LogP contribution in [0.1, 0.15) is 33.6 Å². The lowest BCUT2D eigenvalue weighted by Gasteiger charge is -2.25. The number of cyclic esters (lactones) is 2. The zero-order valence-corrected chi connectivity index (χ0v) is 8.87. The molecule has 1 saturated heterocycles. The first-order valence-electron chi connectivity index (χ1n) is 5.00. The van der Waals surface area contributed by atoms with Crippen molar-refractivity contribution in [2.45, 2.75) is 33.6 Å². The molecule has 0 radical (unpaired) electrons. The fourth-order valence-electron chi connectivity index (χ4n) is 1.61. The summed E-state index contributed by atoms with van der Waals surface area (Å²) in [5, 5.41) is 0. The van der Waals surface area contributed by atoms with Crippen LogP contribution in [0.5, 0.6) is 0 Å². The maximum atomic E-state index is 11.1. The molecule has 0 bridgehead atoms. The van der Waals surface area contributed by atoms with Crippen molar-refractivity contribution >= 4 is 11.9 Å². The average Bonchev–Trinajstić information content (AvgIpc) is 2.02. The van der Waals surface area contributed by atoms with E-state index in [0.29, 0.717) is 5.92 Å². The summed E-state index contributed by atoms with van der Waals surface area (Å²) in [7, 11) is 0. The Morgan fingerprint density at radius 2 is 2.00 bits per heavy atom. The summed E-state index contributed by atoms with van der Waals surface area (Å²) in [5.74, 6) is -0.933. The third-order valence-corrected chi connectivity index (χ3v) is 2.15. The van der Waals surface area contributed by atoms with Gasteiger partial charge >= 0.3 is 11.9 Å². The van der Waals surface area contributed by atoms with Crippen molar-refractivity contribution in [1.82, 2.24) is 0 Å². The molecule has 0 N–H and O–H groups in total. The lowest BCUT2D eigenvalue weighted by molar-refractivity contribution is -0.181. The Hall–Kier alpha value is -1.12. The molecule has 0 aromatic rings. The summed E-state index contributed by atoms with van der Waals surface area (Å²) in [6, 6.07) is 0. The Morgan fingerprint density at radius 1 is 1.43 bits per heavy atom. The van der Waals surface area contributed by atoms with Gasteiger partial charge in [0, 0.05) is 0 Å². The van der Waals surface area contributed by atoms with Gasteiger partial charge in [-0.1, -0.05) is 26.8 Å². The highest BCUT2D eigenvalue weighted by molar-refractivity contribution is 6.11. The minimum Gasteiger partial charge on any atom is -0.391 e. The van der Waals surface area contributed by atoms with E-state index in [1.165, 1.54) is 0 Å². The van der Waals surface area contributed by atoms with Crippen molar-refractivity contribution < 1.29 is 14.3 Å². The van der Waals surface area contributed by atoms with Gasteiger partial charge in [0.2, 0.25) is 0 Å². The number of hydrogen-bond donors (Lipinski definition) is 0. The van der Waals surface area contributed by atoms with Crippen molar-refractivity contribution in [3.63, 3.8) is 0 Å². The largest absolute Gasteiger partial charge is 0.391 e. The molecular weight excluding hydrogens is 180 g/mol. The van der Waals surface area contributed by atoms with Crippen LogP contribution in [-0.4, -0.2) is 11.9 Å². The van der Waals surface area contributed by atoms with Crippen LogP contribution in [-0.2, 0) is 14.3 Å². The summed E-state index contributed by atoms with van der Waals surface area (Å²) >= 11 is 0. The lowest BCUT2D eigenvalue weighted by atomic mass is 9.88. The van der Waals surface area contributed by atoms with Gasteiger partial charge in [0.15, 0.2) is 5.92 Å². The number of hydrogen-bond acceptors (Lipinski definition) is 3. The maximum Gasteiger partial charge on any atom is 0.332 e. The molecule has 0 saturated carbocycles. The van der Waals surface area contributed by atoms with Crippen molar-refractivity contribution in [3.8, 4) is 0 Å². The molecule has 0 aromatic carbocycles. The first-order valence-corrected chi connectivity index (χ1v) is 5.00. The van der Waals surface area contributed by atoms with Gasteiger partial charge in [-0.05, 0) is 24.3 Å². The Balaban J connectivity index is 2.72. The fourth-order valence-corrected chi connectivity index (χ4v) is 1.61. The molecule has 1 rings (SSSR count). The second kappa shape index (κ2) is 4.40. The monoisotopic (exact) mass is 196 g/mol. The number of allylic oxidation sites excluding steroid dienone is 1. The molecule has 0 aromatic heterocycles. The van der Waals surface area contributed by atoms with Gasteiger partial charge < -0.3 is 4.74 Å². The van der Waals surface area contributed by atoms with E-state index in [4.69, 9.17) is 0 Å². The highest BCUT2D eigenvalue weighted by Crippen LogP contribution is 2.28. The van der Waals surface area contributed by atoms with E-state index in [-0.39, 0.29) is 0 Å². The van der Waals surface area contributed by atoms with Crippen LogP contribution in [0.4, 0.5) is 0 Å². The normalized spacial score (nSPS) is 18.4. The summed E-state index contributed by atoms with van der Waals surface area (Å²) in [6.45, 7) is 6.13. The minimum atomic E-state index is -0.600. The minimum absolute atomic E-state index is 0.393. The molecule has 3 nitrogen and oxygen atoms in total. The molecule has 0 atom stereocenters. The Bertz CT molecular complexity index is 262. The predicted molar refractivity (Wildman–Crippen MR) is 52.4 cm³/mol. The first-order chi connectivity index (χ1) is 6.56. The van der Waals surface area contributed by atoms with Gasteiger partial charge in [0.25, 0.3) is 0 Å². The van der Waals surface area contributed by atoms with Crippen molar-refractivity contribution in [1.29, 1.82) is 0 Å². The van der Waals surface area contributed by atoms with Crippen molar-refractivity contribution in [3.05, 3.63) is 11.6 Å². The van der Waals surface area contributed by atoms with E-state index >= 15 is 0 Å². The average molecular weight is 196 g/mol. The third kappa shape index (κ3) is 2.22. The zero-order valence-electron chi connectivity index (χ0n) is 8.87. The first kappa shape index (κ1) is 11.0.